The number of hydrogen-bond acceptors (Lipinski definition) is 7. The molecule has 1 aliphatic rings. The number of nitrogens with zero attached hydrogens (tertiary/aromatic N) is 3. The molecule has 33 heavy (non-hydrogen) atoms. The summed E-state index contributed by atoms with van der Waals surface area (Å²) in [5.74, 6) is 1.64. The highest BCUT2D eigenvalue weighted by molar-refractivity contribution is 7.92. The van der Waals surface area contributed by atoms with Gasteiger partial charge in [-0.15, -0.1) is 0 Å². The lowest BCUT2D eigenvalue weighted by molar-refractivity contribution is 0.403. The van der Waals surface area contributed by atoms with E-state index in [9.17, 15) is 8.42 Å². The predicted octanol–water partition coefficient (Wildman–Crippen LogP) is 4.98. The third-order valence-corrected chi connectivity index (χ3v) is 6.94. The maximum atomic E-state index is 12.8. The minimum atomic E-state index is -3.88. The Hall–Kier alpha value is -3.04. The zero-order chi connectivity index (χ0) is 23.4. The maximum absolute atomic E-state index is 12.8. The number of nitrogens with one attached hydrogen (secondary N) is 2. The van der Waals surface area contributed by atoms with Crippen LogP contribution in [0.5, 0.6) is 5.75 Å². The van der Waals surface area contributed by atoms with Gasteiger partial charge in [-0.3, -0.25) is 4.72 Å². The van der Waals surface area contributed by atoms with E-state index >= 15 is 0 Å². The largest absolute Gasteiger partial charge is 0.495 e. The number of ether oxygens (including phenoxy) is 1. The molecule has 0 spiro atoms. The number of rotatable bonds is 7. The molecule has 0 unspecified atom stereocenters. The molecule has 0 bridgehead atoms. The van der Waals surface area contributed by atoms with Crippen molar-refractivity contribution < 1.29 is 13.2 Å². The summed E-state index contributed by atoms with van der Waals surface area (Å²) in [5, 5.41) is 3.58. The number of hydrogen-bond donors (Lipinski definition) is 2. The lowest BCUT2D eigenvalue weighted by Crippen LogP contribution is -2.31. The molecule has 10 heteroatoms. The van der Waals surface area contributed by atoms with Crippen LogP contribution in [-0.2, 0) is 10.0 Å². The van der Waals surface area contributed by atoms with Crippen LogP contribution >= 0.6 is 11.6 Å². The van der Waals surface area contributed by atoms with Gasteiger partial charge in [-0.1, -0.05) is 11.6 Å². The molecule has 174 valence electrons. The number of piperidine rings is 1. The van der Waals surface area contributed by atoms with Crippen molar-refractivity contribution >= 4 is 44.8 Å². The zero-order valence-electron chi connectivity index (χ0n) is 18.5. The van der Waals surface area contributed by atoms with Gasteiger partial charge in [0.1, 0.15) is 16.5 Å². The molecular formula is C23H26ClN5O3S. The van der Waals surface area contributed by atoms with Gasteiger partial charge in [0.15, 0.2) is 0 Å². The number of methoxy groups -OCH3 is 1. The van der Waals surface area contributed by atoms with Crippen molar-refractivity contribution in [1.29, 1.82) is 0 Å². The summed E-state index contributed by atoms with van der Waals surface area (Å²) in [6.45, 7) is 3.88. The number of halogens is 1. The molecule has 8 nitrogen and oxygen atoms in total. The molecule has 1 fully saturated rings. The molecule has 2 aromatic carbocycles. The fourth-order valence-electron chi connectivity index (χ4n) is 3.69. The summed E-state index contributed by atoms with van der Waals surface area (Å²) in [7, 11) is -2.47. The average molecular weight is 488 g/mol. The number of aryl methyl sites for hydroxylation is 1. The van der Waals surface area contributed by atoms with Crippen molar-refractivity contribution in [2.24, 2.45) is 0 Å². The molecule has 3 aromatic rings. The molecular weight excluding hydrogens is 462 g/mol. The van der Waals surface area contributed by atoms with Crippen LogP contribution in [0.2, 0.25) is 5.02 Å². The van der Waals surface area contributed by atoms with E-state index in [1.54, 1.807) is 30.3 Å². The van der Waals surface area contributed by atoms with E-state index in [2.05, 4.69) is 24.9 Å². The van der Waals surface area contributed by atoms with E-state index in [1.165, 1.54) is 25.7 Å². The molecule has 0 atom stereocenters. The summed E-state index contributed by atoms with van der Waals surface area (Å²) < 4.78 is 33.4. The molecule has 1 aliphatic heterocycles. The lowest BCUT2D eigenvalue weighted by atomic mass is 10.1. The fourth-order valence-corrected chi connectivity index (χ4v) is 5.18. The normalized spacial score (nSPS) is 14.1. The van der Waals surface area contributed by atoms with Crippen LogP contribution < -0.4 is 19.7 Å². The first-order chi connectivity index (χ1) is 15.8. The van der Waals surface area contributed by atoms with Crippen molar-refractivity contribution in [2.45, 2.75) is 31.1 Å². The molecule has 4 rings (SSSR count). The Kier molecular flexibility index (Phi) is 6.90. The van der Waals surface area contributed by atoms with E-state index in [4.69, 9.17) is 16.3 Å². The first-order valence-corrected chi connectivity index (χ1v) is 12.5. The van der Waals surface area contributed by atoms with Crippen LogP contribution in [0.4, 0.5) is 23.1 Å². The van der Waals surface area contributed by atoms with E-state index in [0.29, 0.717) is 16.5 Å². The highest BCUT2D eigenvalue weighted by Crippen LogP contribution is 2.29. The molecule has 0 aliphatic carbocycles. The minimum Gasteiger partial charge on any atom is -0.495 e. The average Bonchev–Trinajstić information content (AvgIpc) is 2.80. The quantitative estimate of drug-likeness (QED) is 0.485. The monoisotopic (exact) mass is 487 g/mol. The van der Waals surface area contributed by atoms with Crippen molar-refractivity contribution in [1.82, 2.24) is 9.97 Å². The van der Waals surface area contributed by atoms with Crippen LogP contribution in [0.15, 0.2) is 53.4 Å². The van der Waals surface area contributed by atoms with Crippen LogP contribution in [-0.4, -0.2) is 38.6 Å². The van der Waals surface area contributed by atoms with Gasteiger partial charge in [-0.05, 0) is 68.7 Å². The Labute approximate surface area is 199 Å². The Balaban J connectivity index is 1.49. The molecule has 1 aromatic heterocycles. The molecule has 2 N–H and O–H groups in total. The lowest BCUT2D eigenvalue weighted by Gasteiger charge is -2.27. The van der Waals surface area contributed by atoms with Crippen molar-refractivity contribution in [2.75, 3.05) is 35.1 Å². The number of benzene rings is 2. The SMILES string of the molecule is COc1ccc(Cl)cc1S(=O)(=O)Nc1ccc(Nc2cc(C)nc(N3CCCCC3)n2)cc1. The number of anilines is 4. The topological polar surface area (TPSA) is 96.5 Å². The molecule has 1 saturated heterocycles. The molecule has 2 heterocycles. The Morgan fingerprint density at radius 3 is 2.36 bits per heavy atom. The van der Waals surface area contributed by atoms with Gasteiger partial charge in [-0.25, -0.2) is 13.4 Å². The number of sulfonamides is 1. The third-order valence-electron chi connectivity index (χ3n) is 5.31. The predicted molar refractivity (Wildman–Crippen MR) is 131 cm³/mol. The summed E-state index contributed by atoms with van der Waals surface area (Å²) in [4.78, 5) is 11.4. The van der Waals surface area contributed by atoms with Gasteiger partial charge < -0.3 is 15.0 Å². The molecule has 0 radical (unpaired) electrons. The minimum absolute atomic E-state index is 0.0265. The summed E-state index contributed by atoms with van der Waals surface area (Å²) in [6.07, 6.45) is 3.55. The van der Waals surface area contributed by atoms with Crippen molar-refractivity contribution in [3.63, 3.8) is 0 Å². The zero-order valence-corrected chi connectivity index (χ0v) is 20.1. The third kappa shape index (κ3) is 5.66. The highest BCUT2D eigenvalue weighted by atomic mass is 35.5. The van der Waals surface area contributed by atoms with Crippen LogP contribution in [0.25, 0.3) is 0 Å². The van der Waals surface area contributed by atoms with Gasteiger partial charge in [0, 0.05) is 41.2 Å². The Morgan fingerprint density at radius 1 is 0.970 bits per heavy atom. The van der Waals surface area contributed by atoms with E-state index in [-0.39, 0.29) is 10.6 Å². The van der Waals surface area contributed by atoms with Gasteiger partial charge in [0.2, 0.25) is 5.95 Å². The summed E-state index contributed by atoms with van der Waals surface area (Å²) in [5.41, 5.74) is 2.07. The van der Waals surface area contributed by atoms with E-state index < -0.39 is 10.0 Å². The van der Waals surface area contributed by atoms with Crippen LogP contribution in [0.3, 0.4) is 0 Å². The van der Waals surface area contributed by atoms with Gasteiger partial charge in [0.25, 0.3) is 10.0 Å². The number of aromatic nitrogens is 2. The van der Waals surface area contributed by atoms with E-state index in [0.717, 1.165) is 43.3 Å². The first-order valence-electron chi connectivity index (χ1n) is 10.7. The Morgan fingerprint density at radius 2 is 1.67 bits per heavy atom. The summed E-state index contributed by atoms with van der Waals surface area (Å²) in [6, 6.07) is 13.3. The highest BCUT2D eigenvalue weighted by Gasteiger charge is 2.20. The first kappa shape index (κ1) is 23.1. The van der Waals surface area contributed by atoms with Crippen LogP contribution in [0, 0.1) is 6.92 Å². The second kappa shape index (κ2) is 9.84. The second-order valence-electron chi connectivity index (χ2n) is 7.85. The summed E-state index contributed by atoms with van der Waals surface area (Å²) >= 11 is 5.98. The smallest absolute Gasteiger partial charge is 0.265 e. The standard InChI is InChI=1S/C23H26ClN5O3S/c1-16-14-22(27-23(25-16)29-12-4-3-5-13-29)26-18-7-9-19(10-8-18)28-33(30,31)21-15-17(24)6-11-20(21)32-2/h6-11,14-15,28H,3-5,12-13H2,1-2H3,(H,25,26,27). The Bertz CT molecular complexity index is 1230. The fraction of sp³-hybridized carbons (Fsp3) is 0.304. The van der Waals surface area contributed by atoms with Gasteiger partial charge in [0.05, 0.1) is 7.11 Å². The second-order valence-corrected chi connectivity index (χ2v) is 9.93. The van der Waals surface area contributed by atoms with E-state index in [1.807, 2.05) is 13.0 Å². The van der Waals surface area contributed by atoms with Crippen LogP contribution in [0.1, 0.15) is 25.0 Å². The maximum Gasteiger partial charge on any atom is 0.265 e. The van der Waals surface area contributed by atoms with Crippen molar-refractivity contribution in [3.8, 4) is 5.75 Å². The molecule has 0 amide bonds. The molecule has 0 saturated carbocycles. The van der Waals surface area contributed by atoms with Gasteiger partial charge in [-0.2, -0.15) is 4.98 Å². The van der Waals surface area contributed by atoms with Gasteiger partial charge >= 0.3 is 0 Å². The van der Waals surface area contributed by atoms with Crippen molar-refractivity contribution in [3.05, 3.63) is 59.2 Å².